The standard InChI is InChI=1S/C12H12N2O5Se/c13-7(12(17)18)3-6-1-2-8(16)10-11(6)20-4-9(14-10)19-5-15/h1-2,5,7,16H,3-4,13H2,(H,17,18)/t7-/m0/s1. The quantitative estimate of drug-likeness (QED) is 0.491. The summed E-state index contributed by atoms with van der Waals surface area (Å²) in [5, 5.41) is 19.1. The Hall–Kier alpha value is -1.89. The summed E-state index contributed by atoms with van der Waals surface area (Å²) in [5.74, 6) is -0.854. The van der Waals surface area contributed by atoms with Gasteiger partial charge in [0.1, 0.15) is 0 Å². The molecule has 0 saturated heterocycles. The summed E-state index contributed by atoms with van der Waals surface area (Å²) in [6.45, 7) is 0.293. The van der Waals surface area contributed by atoms with E-state index < -0.39 is 12.0 Å². The number of benzene rings is 1. The Kier molecular flexibility index (Phi) is 4.39. The monoisotopic (exact) mass is 344 g/mol. The van der Waals surface area contributed by atoms with Crippen molar-refractivity contribution >= 4 is 43.4 Å². The third-order valence-corrected chi connectivity index (χ3v) is 5.09. The number of nitrogens with zero attached hydrogens (tertiary/aromatic N) is 1. The number of carboxylic acid groups (broad SMARTS) is 1. The van der Waals surface area contributed by atoms with Crippen LogP contribution in [0.15, 0.2) is 17.1 Å². The number of aromatic hydroxyl groups is 1. The summed E-state index contributed by atoms with van der Waals surface area (Å²) < 4.78 is 5.51. The molecule has 8 heteroatoms. The fraction of sp³-hybridized carbons (Fsp3) is 0.250. The second kappa shape index (κ2) is 6.04. The Labute approximate surface area is 120 Å². The van der Waals surface area contributed by atoms with Gasteiger partial charge >= 0.3 is 120 Å². The molecule has 0 spiro atoms. The van der Waals surface area contributed by atoms with E-state index in [1.54, 1.807) is 6.07 Å². The van der Waals surface area contributed by atoms with Crippen molar-refractivity contribution in [2.24, 2.45) is 10.7 Å². The molecule has 0 unspecified atom stereocenters. The van der Waals surface area contributed by atoms with Crippen LogP contribution < -0.4 is 10.2 Å². The third-order valence-electron chi connectivity index (χ3n) is 2.71. The van der Waals surface area contributed by atoms with Crippen LogP contribution in [-0.4, -0.2) is 49.6 Å². The predicted octanol–water partition coefficient (Wildman–Crippen LogP) is -0.689. The Morgan fingerprint density at radius 1 is 1.60 bits per heavy atom. The van der Waals surface area contributed by atoms with Crippen LogP contribution in [0.1, 0.15) is 5.56 Å². The van der Waals surface area contributed by atoms with Gasteiger partial charge in [0.25, 0.3) is 0 Å². The molecule has 1 aromatic carbocycles. The number of aliphatic imine (C=N–C) groups is 1. The summed E-state index contributed by atoms with van der Waals surface area (Å²) in [6.07, 6.45) is 0.166. The molecule has 7 nitrogen and oxygen atoms in total. The second-order valence-electron chi connectivity index (χ2n) is 4.08. The Balaban J connectivity index is 2.37. The van der Waals surface area contributed by atoms with E-state index in [4.69, 9.17) is 15.6 Å². The molecule has 1 aromatic rings. The molecule has 1 atom stereocenters. The van der Waals surface area contributed by atoms with Crippen LogP contribution in [0.2, 0.25) is 5.32 Å². The molecule has 106 valence electrons. The SMILES string of the molecule is N[C@@H](Cc1ccc(O)c2c1[Se]CC(OC=O)=N2)C(=O)O. The maximum absolute atomic E-state index is 10.8. The van der Waals surface area contributed by atoms with Crippen molar-refractivity contribution in [2.45, 2.75) is 17.8 Å². The van der Waals surface area contributed by atoms with Gasteiger partial charge in [-0.2, -0.15) is 0 Å². The maximum atomic E-state index is 10.8. The number of carboxylic acids is 1. The van der Waals surface area contributed by atoms with E-state index in [1.165, 1.54) is 6.07 Å². The van der Waals surface area contributed by atoms with Crippen molar-refractivity contribution in [3.05, 3.63) is 17.7 Å². The van der Waals surface area contributed by atoms with Crippen LogP contribution >= 0.6 is 0 Å². The van der Waals surface area contributed by atoms with Crippen molar-refractivity contribution < 1.29 is 24.5 Å². The van der Waals surface area contributed by atoms with Crippen molar-refractivity contribution in [2.75, 3.05) is 0 Å². The van der Waals surface area contributed by atoms with Gasteiger partial charge in [-0.15, -0.1) is 0 Å². The van der Waals surface area contributed by atoms with E-state index in [0.29, 0.717) is 17.5 Å². The van der Waals surface area contributed by atoms with Gasteiger partial charge in [0, 0.05) is 0 Å². The first-order valence-corrected chi connectivity index (χ1v) is 7.73. The first kappa shape index (κ1) is 14.5. The van der Waals surface area contributed by atoms with Crippen LogP contribution in [0.5, 0.6) is 5.75 Å². The number of fused-ring (bicyclic) bond motifs is 1. The van der Waals surface area contributed by atoms with Crippen LogP contribution in [0, 0.1) is 0 Å². The van der Waals surface area contributed by atoms with Crippen LogP contribution in [0.4, 0.5) is 5.69 Å². The molecule has 2 rings (SSSR count). The van der Waals surface area contributed by atoms with Gasteiger partial charge in [-0.25, -0.2) is 0 Å². The molecule has 0 bridgehead atoms. The van der Waals surface area contributed by atoms with Gasteiger partial charge in [-0.05, 0) is 0 Å². The van der Waals surface area contributed by atoms with Gasteiger partial charge in [0.05, 0.1) is 0 Å². The zero-order valence-corrected chi connectivity index (χ0v) is 12.0. The fourth-order valence-corrected chi connectivity index (χ4v) is 3.91. The molecule has 1 aliphatic heterocycles. The summed E-state index contributed by atoms with van der Waals surface area (Å²) in [6, 6.07) is 2.09. The molecular formula is C12H12N2O5Se. The third kappa shape index (κ3) is 2.98. The zero-order valence-electron chi connectivity index (χ0n) is 10.3. The van der Waals surface area contributed by atoms with E-state index in [0.717, 1.165) is 10.0 Å². The molecule has 1 aliphatic rings. The number of hydrogen-bond donors (Lipinski definition) is 3. The molecule has 0 radical (unpaired) electrons. The number of carbonyl (C=O) groups is 2. The first-order valence-electron chi connectivity index (χ1n) is 5.66. The van der Waals surface area contributed by atoms with Crippen molar-refractivity contribution in [3.63, 3.8) is 0 Å². The van der Waals surface area contributed by atoms with Gasteiger partial charge < -0.3 is 0 Å². The number of rotatable bonds is 4. The molecular weight excluding hydrogens is 331 g/mol. The average Bonchev–Trinajstić information content (AvgIpc) is 2.42. The van der Waals surface area contributed by atoms with E-state index in [2.05, 4.69) is 4.99 Å². The second-order valence-corrected chi connectivity index (χ2v) is 6.15. The van der Waals surface area contributed by atoms with E-state index in [1.807, 2.05) is 0 Å². The summed E-state index contributed by atoms with van der Waals surface area (Å²) in [5.41, 5.74) is 6.62. The first-order chi connectivity index (χ1) is 9.52. The molecule has 20 heavy (non-hydrogen) atoms. The summed E-state index contributed by atoms with van der Waals surface area (Å²) in [7, 11) is 0. The number of nitrogens with two attached hydrogens (primary N) is 1. The minimum absolute atomic E-state index is 0.0266. The van der Waals surface area contributed by atoms with Crippen molar-refractivity contribution in [1.29, 1.82) is 0 Å². The van der Waals surface area contributed by atoms with Gasteiger partial charge in [-0.1, -0.05) is 0 Å². The number of phenolic OH excluding ortho intramolecular Hbond substituents is 1. The summed E-state index contributed by atoms with van der Waals surface area (Å²) in [4.78, 5) is 25.2. The van der Waals surface area contributed by atoms with Crippen LogP contribution in [-0.2, 0) is 20.7 Å². The molecule has 1 heterocycles. The fourth-order valence-electron chi connectivity index (χ4n) is 1.76. The predicted molar refractivity (Wildman–Crippen MR) is 71.9 cm³/mol. The Morgan fingerprint density at radius 3 is 3.00 bits per heavy atom. The van der Waals surface area contributed by atoms with Gasteiger partial charge in [0.2, 0.25) is 0 Å². The van der Waals surface area contributed by atoms with E-state index >= 15 is 0 Å². The summed E-state index contributed by atoms with van der Waals surface area (Å²) >= 11 is -0.109. The number of phenols is 1. The van der Waals surface area contributed by atoms with Crippen molar-refractivity contribution in [3.8, 4) is 5.75 Å². The molecule has 0 aromatic heterocycles. The normalized spacial score (nSPS) is 14.9. The zero-order chi connectivity index (χ0) is 14.7. The molecule has 0 fully saturated rings. The van der Waals surface area contributed by atoms with E-state index in [-0.39, 0.29) is 33.0 Å². The number of aliphatic carboxylic acids is 1. The molecule has 0 saturated carbocycles. The van der Waals surface area contributed by atoms with E-state index in [9.17, 15) is 14.7 Å². The Bertz CT molecular complexity index is 587. The van der Waals surface area contributed by atoms with Gasteiger partial charge in [-0.3, -0.25) is 0 Å². The average molecular weight is 343 g/mol. The number of ether oxygens (including phenoxy) is 1. The molecule has 0 amide bonds. The van der Waals surface area contributed by atoms with Crippen molar-refractivity contribution in [1.82, 2.24) is 0 Å². The number of hydrogen-bond acceptors (Lipinski definition) is 6. The van der Waals surface area contributed by atoms with Gasteiger partial charge in [0.15, 0.2) is 0 Å². The molecule has 4 N–H and O–H groups in total. The van der Waals surface area contributed by atoms with Crippen LogP contribution in [0.3, 0.4) is 0 Å². The molecule has 0 aliphatic carbocycles. The number of carbonyl (C=O) groups excluding carboxylic acids is 1. The topological polar surface area (TPSA) is 122 Å². The minimum atomic E-state index is -1.08. The van der Waals surface area contributed by atoms with Crippen LogP contribution in [0.25, 0.3) is 0 Å². The Morgan fingerprint density at radius 2 is 2.35 bits per heavy atom.